The number of rotatable bonds is 4. The summed E-state index contributed by atoms with van der Waals surface area (Å²) in [7, 11) is 2.06. The third-order valence-electron chi connectivity index (χ3n) is 5.31. The zero-order valence-corrected chi connectivity index (χ0v) is 14.1. The van der Waals surface area contributed by atoms with Crippen molar-refractivity contribution in [3.63, 3.8) is 0 Å². The van der Waals surface area contributed by atoms with E-state index in [0.29, 0.717) is 16.6 Å². The van der Waals surface area contributed by atoms with Crippen molar-refractivity contribution in [3.05, 3.63) is 29.8 Å². The van der Waals surface area contributed by atoms with Gasteiger partial charge >= 0.3 is 0 Å². The molecule has 0 radical (unpaired) electrons. The third kappa shape index (κ3) is 4.23. The van der Waals surface area contributed by atoms with Crippen LogP contribution in [0.3, 0.4) is 0 Å². The van der Waals surface area contributed by atoms with Gasteiger partial charge < -0.3 is 10.4 Å². The summed E-state index contributed by atoms with van der Waals surface area (Å²) in [5.41, 5.74) is 2.04. The smallest absolute Gasteiger partial charge is 0.115 e. The van der Waals surface area contributed by atoms with Crippen LogP contribution in [0.1, 0.15) is 52.0 Å². The van der Waals surface area contributed by atoms with Crippen LogP contribution >= 0.6 is 0 Å². The minimum absolute atomic E-state index is 0.351. The minimum atomic E-state index is 0.351. The van der Waals surface area contributed by atoms with Crippen LogP contribution in [-0.4, -0.2) is 18.7 Å². The summed E-state index contributed by atoms with van der Waals surface area (Å²) in [5.74, 6) is 1.22. The molecule has 2 heteroatoms. The fourth-order valence-corrected chi connectivity index (χ4v) is 3.99. The molecule has 1 saturated carbocycles. The number of aromatic hydroxyl groups is 1. The lowest BCUT2D eigenvalue weighted by molar-refractivity contribution is 0.0876. The second kappa shape index (κ2) is 6.39. The van der Waals surface area contributed by atoms with Crippen LogP contribution in [0.2, 0.25) is 0 Å². The molecule has 1 fully saturated rings. The molecule has 1 aliphatic rings. The molecule has 0 atom stereocenters. The molecule has 1 aromatic carbocycles. The van der Waals surface area contributed by atoms with Gasteiger partial charge in [-0.05, 0) is 73.6 Å². The minimum Gasteiger partial charge on any atom is -0.508 e. The van der Waals surface area contributed by atoms with Gasteiger partial charge in [0.1, 0.15) is 5.75 Å². The summed E-state index contributed by atoms with van der Waals surface area (Å²) in [6.45, 7) is 8.19. The largest absolute Gasteiger partial charge is 0.508 e. The van der Waals surface area contributed by atoms with E-state index in [1.54, 1.807) is 6.07 Å². The first-order valence-electron chi connectivity index (χ1n) is 8.27. The summed E-state index contributed by atoms with van der Waals surface area (Å²) in [6.07, 6.45) is 6.28. The van der Waals surface area contributed by atoms with Crippen molar-refractivity contribution in [1.29, 1.82) is 0 Å². The first-order valence-corrected chi connectivity index (χ1v) is 8.27. The Morgan fingerprint density at radius 2 is 1.90 bits per heavy atom. The molecule has 0 aromatic heterocycles. The Kier molecular flexibility index (Phi) is 4.98. The number of nitrogens with one attached hydrogen (secondary N) is 1. The number of benzene rings is 1. The van der Waals surface area contributed by atoms with E-state index in [4.69, 9.17) is 0 Å². The molecule has 0 spiro atoms. The van der Waals surface area contributed by atoms with Crippen molar-refractivity contribution in [2.24, 2.45) is 16.7 Å². The molecule has 1 aromatic rings. The van der Waals surface area contributed by atoms with Gasteiger partial charge in [-0.25, -0.2) is 0 Å². The average Bonchev–Trinajstić information content (AvgIpc) is 2.38. The quantitative estimate of drug-likeness (QED) is 0.862. The normalized spacial score (nSPS) is 26.8. The van der Waals surface area contributed by atoms with E-state index in [1.807, 2.05) is 12.1 Å². The Bertz CT molecular complexity index is 453. The highest BCUT2D eigenvalue weighted by Crippen LogP contribution is 2.46. The molecule has 2 rings (SSSR count). The van der Waals surface area contributed by atoms with Crippen molar-refractivity contribution >= 4 is 0 Å². The van der Waals surface area contributed by atoms with Gasteiger partial charge in [0, 0.05) is 6.54 Å². The van der Waals surface area contributed by atoms with Gasteiger partial charge in [0.25, 0.3) is 0 Å². The molecule has 0 aliphatic heterocycles. The average molecular weight is 289 g/mol. The lowest BCUT2D eigenvalue weighted by Crippen LogP contribution is -2.40. The summed E-state index contributed by atoms with van der Waals surface area (Å²) < 4.78 is 0. The predicted octanol–water partition coefficient (Wildman–Crippen LogP) is 4.38. The molecule has 118 valence electrons. The van der Waals surface area contributed by atoms with E-state index in [0.717, 1.165) is 18.9 Å². The molecule has 21 heavy (non-hydrogen) atoms. The molecule has 0 bridgehead atoms. The topological polar surface area (TPSA) is 32.3 Å². The second-order valence-corrected chi connectivity index (χ2v) is 8.02. The van der Waals surface area contributed by atoms with Crippen molar-refractivity contribution in [1.82, 2.24) is 5.32 Å². The van der Waals surface area contributed by atoms with Gasteiger partial charge in [0.15, 0.2) is 0 Å². The summed E-state index contributed by atoms with van der Waals surface area (Å²) in [5, 5.41) is 13.1. The lowest BCUT2D eigenvalue weighted by atomic mass is 9.62. The van der Waals surface area contributed by atoms with Gasteiger partial charge in [0.05, 0.1) is 0 Å². The molecule has 0 unspecified atom stereocenters. The maximum atomic E-state index is 9.69. The van der Waals surface area contributed by atoms with Crippen molar-refractivity contribution in [3.8, 4) is 5.75 Å². The molecule has 0 amide bonds. The second-order valence-electron chi connectivity index (χ2n) is 8.02. The number of hydrogen-bond donors (Lipinski definition) is 2. The molecule has 2 N–H and O–H groups in total. The zero-order valence-electron chi connectivity index (χ0n) is 14.1. The molecule has 0 heterocycles. The monoisotopic (exact) mass is 289 g/mol. The van der Waals surface area contributed by atoms with Gasteiger partial charge in [-0.1, -0.05) is 32.9 Å². The highest BCUT2D eigenvalue weighted by atomic mass is 16.3. The van der Waals surface area contributed by atoms with Crippen LogP contribution in [0.25, 0.3) is 0 Å². The summed E-state index contributed by atoms with van der Waals surface area (Å²) in [6, 6.07) is 7.78. The Balaban J connectivity index is 2.09. The molecule has 1 aliphatic carbocycles. The van der Waals surface area contributed by atoms with Crippen molar-refractivity contribution in [2.45, 2.75) is 52.9 Å². The SMILES string of the molecule is CNCC1(Cc2cccc(O)c2)CCC(C(C)(C)C)CC1. The highest BCUT2D eigenvalue weighted by molar-refractivity contribution is 5.28. The van der Waals surface area contributed by atoms with E-state index in [1.165, 1.54) is 31.2 Å². The van der Waals surface area contributed by atoms with Crippen LogP contribution in [-0.2, 0) is 6.42 Å². The van der Waals surface area contributed by atoms with Crippen LogP contribution < -0.4 is 5.32 Å². The molecular weight excluding hydrogens is 258 g/mol. The Hall–Kier alpha value is -1.02. The highest BCUT2D eigenvalue weighted by Gasteiger charge is 2.38. The van der Waals surface area contributed by atoms with Crippen molar-refractivity contribution in [2.75, 3.05) is 13.6 Å². The Morgan fingerprint density at radius 1 is 1.24 bits per heavy atom. The van der Waals surface area contributed by atoms with Gasteiger partial charge in [0.2, 0.25) is 0 Å². The van der Waals surface area contributed by atoms with E-state index in [9.17, 15) is 5.11 Å². The zero-order chi connectivity index (χ0) is 15.5. The van der Waals surface area contributed by atoms with Gasteiger partial charge in [-0.3, -0.25) is 0 Å². The number of phenols is 1. The van der Waals surface area contributed by atoms with E-state index >= 15 is 0 Å². The van der Waals surface area contributed by atoms with Gasteiger partial charge in [-0.2, -0.15) is 0 Å². The van der Waals surface area contributed by atoms with Crippen LogP contribution in [0.4, 0.5) is 0 Å². The summed E-state index contributed by atoms with van der Waals surface area (Å²) >= 11 is 0. The maximum Gasteiger partial charge on any atom is 0.115 e. The maximum absolute atomic E-state index is 9.69. The van der Waals surface area contributed by atoms with Gasteiger partial charge in [-0.15, -0.1) is 0 Å². The Labute approximate surface area is 130 Å². The van der Waals surface area contributed by atoms with E-state index in [-0.39, 0.29) is 0 Å². The van der Waals surface area contributed by atoms with E-state index < -0.39 is 0 Å². The summed E-state index contributed by atoms with van der Waals surface area (Å²) in [4.78, 5) is 0. The van der Waals surface area contributed by atoms with Crippen LogP contribution in [0, 0.1) is 16.7 Å². The first-order chi connectivity index (χ1) is 9.85. The Morgan fingerprint density at radius 3 is 2.43 bits per heavy atom. The third-order valence-corrected chi connectivity index (χ3v) is 5.31. The fourth-order valence-electron chi connectivity index (χ4n) is 3.99. The first kappa shape index (κ1) is 16.4. The molecule has 2 nitrogen and oxygen atoms in total. The number of hydrogen-bond acceptors (Lipinski definition) is 2. The fraction of sp³-hybridized carbons (Fsp3) is 0.684. The standard InChI is InChI=1S/C19H31NO/c1-18(2,3)16-8-10-19(11-9-16,14-20-4)13-15-6-5-7-17(21)12-15/h5-7,12,16,20-21H,8-11,13-14H2,1-4H3. The lowest BCUT2D eigenvalue weighted by Gasteiger charge is -2.44. The number of phenolic OH excluding ortho intramolecular Hbond substituents is 1. The molecule has 0 saturated heterocycles. The van der Waals surface area contributed by atoms with E-state index in [2.05, 4.69) is 39.2 Å². The van der Waals surface area contributed by atoms with Crippen LogP contribution in [0.15, 0.2) is 24.3 Å². The predicted molar refractivity (Wildman–Crippen MR) is 89.6 cm³/mol. The van der Waals surface area contributed by atoms with Crippen molar-refractivity contribution < 1.29 is 5.11 Å². The van der Waals surface area contributed by atoms with Crippen LogP contribution in [0.5, 0.6) is 5.75 Å². The molecular formula is C19H31NO.